The molecule has 160 valence electrons. The van der Waals surface area contributed by atoms with Gasteiger partial charge in [0.1, 0.15) is 16.8 Å². The molecule has 1 fully saturated rings. The van der Waals surface area contributed by atoms with Gasteiger partial charge in [0, 0.05) is 12.0 Å². The average molecular weight is 441 g/mol. The predicted molar refractivity (Wildman–Crippen MR) is 115 cm³/mol. The number of hydrogen-bond donors (Lipinski definition) is 2. The van der Waals surface area contributed by atoms with E-state index >= 15 is 0 Å². The number of para-hydroxylation sites is 1. The standard InChI is InChI=1S/C20H20FN7O2S/c1-30-12-3-2-4-13-14(12)24-20(31-13)27-18(29)10-5-7-11(8-6-10)28-9-23-15-16(22)25-19(21)26-17(15)28/h2-4,9-11H,5-8H2,1H3,(H2,22,25,26)(H,24,27,29)/t10-,11+. The predicted octanol–water partition coefficient (Wildman–Crippen LogP) is 3.54. The van der Waals surface area contributed by atoms with Crippen LogP contribution in [-0.4, -0.2) is 37.5 Å². The highest BCUT2D eigenvalue weighted by Gasteiger charge is 2.29. The Kier molecular flexibility index (Phi) is 4.89. The summed E-state index contributed by atoms with van der Waals surface area (Å²) < 4.78 is 21.7. The molecule has 4 aromatic rings. The molecule has 0 atom stereocenters. The number of carbonyl (C=O) groups is 1. The van der Waals surface area contributed by atoms with E-state index in [1.807, 2.05) is 22.8 Å². The van der Waals surface area contributed by atoms with Crippen molar-refractivity contribution in [1.29, 1.82) is 0 Å². The number of nitrogens with zero attached hydrogens (tertiary/aromatic N) is 5. The number of nitrogen functional groups attached to an aromatic ring is 1. The maximum Gasteiger partial charge on any atom is 0.312 e. The fourth-order valence-electron chi connectivity index (χ4n) is 4.14. The van der Waals surface area contributed by atoms with Crippen LogP contribution in [0.15, 0.2) is 24.5 Å². The second-order valence-corrected chi connectivity index (χ2v) is 8.55. The molecule has 1 aromatic carbocycles. The number of methoxy groups -OCH3 is 1. The number of thiazole rings is 1. The van der Waals surface area contributed by atoms with E-state index < -0.39 is 6.08 Å². The number of benzene rings is 1. The van der Waals surface area contributed by atoms with Crippen molar-refractivity contribution in [2.45, 2.75) is 31.7 Å². The first-order chi connectivity index (χ1) is 15.0. The lowest BCUT2D eigenvalue weighted by molar-refractivity contribution is -0.120. The molecule has 9 nitrogen and oxygen atoms in total. The van der Waals surface area contributed by atoms with E-state index in [0.717, 1.165) is 23.1 Å². The van der Waals surface area contributed by atoms with E-state index in [4.69, 9.17) is 10.5 Å². The Morgan fingerprint density at radius 2 is 2.03 bits per heavy atom. The maximum atomic E-state index is 13.6. The van der Waals surface area contributed by atoms with Gasteiger partial charge >= 0.3 is 6.08 Å². The first kappa shape index (κ1) is 19.6. The first-order valence-corrected chi connectivity index (χ1v) is 10.7. The zero-order valence-corrected chi connectivity index (χ0v) is 17.5. The third kappa shape index (κ3) is 3.54. The number of nitrogens with two attached hydrogens (primary N) is 1. The lowest BCUT2D eigenvalue weighted by Gasteiger charge is -2.28. The summed E-state index contributed by atoms with van der Waals surface area (Å²) in [7, 11) is 1.60. The Balaban J connectivity index is 1.27. The molecule has 3 N–H and O–H groups in total. The van der Waals surface area contributed by atoms with Crippen LogP contribution in [0.1, 0.15) is 31.7 Å². The topological polar surface area (TPSA) is 121 Å². The van der Waals surface area contributed by atoms with Gasteiger partial charge in [-0.3, -0.25) is 4.79 Å². The third-order valence-electron chi connectivity index (χ3n) is 5.71. The van der Waals surface area contributed by atoms with Gasteiger partial charge in [0.25, 0.3) is 0 Å². The van der Waals surface area contributed by atoms with Gasteiger partial charge in [0.2, 0.25) is 5.91 Å². The van der Waals surface area contributed by atoms with Gasteiger partial charge in [-0.25, -0.2) is 9.97 Å². The van der Waals surface area contributed by atoms with Crippen LogP contribution in [0, 0.1) is 12.0 Å². The molecule has 5 rings (SSSR count). The Morgan fingerprint density at radius 1 is 1.23 bits per heavy atom. The van der Waals surface area contributed by atoms with Crippen LogP contribution in [0.5, 0.6) is 5.75 Å². The van der Waals surface area contributed by atoms with Gasteiger partial charge in [-0.05, 0) is 37.8 Å². The number of ether oxygens (including phenoxy) is 1. The highest BCUT2D eigenvalue weighted by Crippen LogP contribution is 2.36. The van der Waals surface area contributed by atoms with Crippen LogP contribution < -0.4 is 15.8 Å². The van der Waals surface area contributed by atoms with E-state index in [1.165, 1.54) is 11.3 Å². The van der Waals surface area contributed by atoms with Gasteiger partial charge in [0.15, 0.2) is 16.6 Å². The molecule has 1 aliphatic carbocycles. The Bertz CT molecular complexity index is 1280. The number of carbonyl (C=O) groups excluding carboxylic acids is 1. The molecule has 1 aliphatic rings. The van der Waals surface area contributed by atoms with E-state index in [9.17, 15) is 9.18 Å². The summed E-state index contributed by atoms with van der Waals surface area (Å²) in [5, 5.41) is 3.52. The van der Waals surface area contributed by atoms with Crippen LogP contribution in [0.25, 0.3) is 21.4 Å². The van der Waals surface area contributed by atoms with E-state index in [-0.39, 0.29) is 23.7 Å². The van der Waals surface area contributed by atoms with Crippen LogP contribution in [-0.2, 0) is 4.79 Å². The minimum absolute atomic E-state index is 0.0294. The summed E-state index contributed by atoms with van der Waals surface area (Å²) in [6.07, 6.45) is 3.66. The zero-order chi connectivity index (χ0) is 21.5. The number of hydrogen-bond acceptors (Lipinski definition) is 8. The molecule has 0 spiro atoms. The van der Waals surface area contributed by atoms with Crippen LogP contribution >= 0.6 is 11.3 Å². The van der Waals surface area contributed by atoms with Crippen LogP contribution in [0.4, 0.5) is 15.3 Å². The number of nitrogens with one attached hydrogen (secondary N) is 1. The molecule has 31 heavy (non-hydrogen) atoms. The molecule has 0 bridgehead atoms. The quantitative estimate of drug-likeness (QED) is 0.465. The fraction of sp³-hybridized carbons (Fsp3) is 0.350. The number of imidazole rings is 1. The van der Waals surface area contributed by atoms with Gasteiger partial charge < -0.3 is 20.4 Å². The summed E-state index contributed by atoms with van der Waals surface area (Å²) in [5.41, 5.74) is 7.28. The highest BCUT2D eigenvalue weighted by atomic mass is 32.1. The molecular formula is C20H20FN7O2S. The minimum atomic E-state index is -0.868. The number of aromatic nitrogens is 5. The van der Waals surface area contributed by atoms with Crippen molar-refractivity contribution in [3.63, 3.8) is 0 Å². The summed E-state index contributed by atoms with van der Waals surface area (Å²) in [5.74, 6) is 0.561. The van der Waals surface area contributed by atoms with Crippen molar-refractivity contribution in [1.82, 2.24) is 24.5 Å². The SMILES string of the molecule is COc1cccc2sc(NC(=O)[C@H]3CC[C@@H](n4cnc5c(N)nc(F)nc54)CC3)nc12. The lowest BCUT2D eigenvalue weighted by atomic mass is 9.85. The molecule has 1 saturated carbocycles. The molecule has 3 aromatic heterocycles. The van der Waals surface area contributed by atoms with Crippen molar-refractivity contribution in [2.75, 3.05) is 18.2 Å². The number of fused-ring (bicyclic) bond motifs is 2. The summed E-state index contributed by atoms with van der Waals surface area (Å²) >= 11 is 1.42. The molecule has 0 saturated heterocycles. The Morgan fingerprint density at radius 3 is 2.81 bits per heavy atom. The van der Waals surface area contributed by atoms with Gasteiger partial charge in [-0.15, -0.1) is 0 Å². The largest absolute Gasteiger partial charge is 0.494 e. The van der Waals surface area contributed by atoms with Gasteiger partial charge in [-0.2, -0.15) is 14.4 Å². The molecule has 11 heteroatoms. The zero-order valence-electron chi connectivity index (χ0n) is 16.7. The molecule has 0 unspecified atom stereocenters. The Labute approximate surface area is 180 Å². The summed E-state index contributed by atoms with van der Waals surface area (Å²) in [4.78, 5) is 28.9. The lowest BCUT2D eigenvalue weighted by Crippen LogP contribution is -2.28. The number of amides is 1. The van der Waals surface area contributed by atoms with E-state index in [1.54, 1.807) is 13.4 Å². The minimum Gasteiger partial charge on any atom is -0.494 e. The van der Waals surface area contributed by atoms with E-state index in [0.29, 0.717) is 34.9 Å². The third-order valence-corrected chi connectivity index (χ3v) is 6.65. The number of anilines is 2. The smallest absolute Gasteiger partial charge is 0.312 e. The molecule has 3 heterocycles. The normalized spacial score (nSPS) is 19.0. The second kappa shape index (κ2) is 7.73. The average Bonchev–Trinajstić information content (AvgIpc) is 3.37. The van der Waals surface area contributed by atoms with Gasteiger partial charge in [-0.1, -0.05) is 17.4 Å². The van der Waals surface area contributed by atoms with Crippen molar-refractivity contribution >= 4 is 49.6 Å². The van der Waals surface area contributed by atoms with Crippen molar-refractivity contribution in [2.24, 2.45) is 5.92 Å². The maximum absolute atomic E-state index is 13.6. The fourth-order valence-corrected chi connectivity index (χ4v) is 5.03. The Hall–Kier alpha value is -3.34. The molecule has 1 amide bonds. The number of halogens is 1. The van der Waals surface area contributed by atoms with E-state index in [2.05, 4.69) is 25.3 Å². The number of rotatable bonds is 4. The molecular weight excluding hydrogens is 421 g/mol. The van der Waals surface area contributed by atoms with Crippen molar-refractivity contribution in [3.05, 3.63) is 30.6 Å². The highest BCUT2D eigenvalue weighted by molar-refractivity contribution is 7.22. The molecule has 0 radical (unpaired) electrons. The summed E-state index contributed by atoms with van der Waals surface area (Å²) in [6, 6.07) is 5.77. The second-order valence-electron chi connectivity index (χ2n) is 7.52. The van der Waals surface area contributed by atoms with Crippen molar-refractivity contribution in [3.8, 4) is 5.75 Å². The van der Waals surface area contributed by atoms with Crippen LogP contribution in [0.2, 0.25) is 0 Å². The van der Waals surface area contributed by atoms with Crippen LogP contribution in [0.3, 0.4) is 0 Å². The van der Waals surface area contributed by atoms with Gasteiger partial charge in [0.05, 0.1) is 18.1 Å². The first-order valence-electron chi connectivity index (χ1n) is 9.93. The monoisotopic (exact) mass is 441 g/mol. The van der Waals surface area contributed by atoms with Crippen molar-refractivity contribution < 1.29 is 13.9 Å². The molecule has 0 aliphatic heterocycles. The summed E-state index contributed by atoms with van der Waals surface area (Å²) in [6.45, 7) is 0.